The number of aliphatic hydroxyl groups is 1. The summed E-state index contributed by atoms with van der Waals surface area (Å²) in [4.78, 5) is 29.3. The third-order valence-corrected chi connectivity index (χ3v) is 3.51. The SMILES string of the molecule is COc1ccc2cccc(NC3=CC(=O)N(CCO)C3=O)c2n1. The second kappa shape index (κ2) is 6.05. The quantitative estimate of drug-likeness (QED) is 0.797. The minimum absolute atomic E-state index is 0.0268. The van der Waals surface area contributed by atoms with Gasteiger partial charge in [-0.3, -0.25) is 14.5 Å². The summed E-state index contributed by atoms with van der Waals surface area (Å²) < 4.78 is 5.12. The van der Waals surface area contributed by atoms with E-state index in [0.717, 1.165) is 10.3 Å². The summed E-state index contributed by atoms with van der Waals surface area (Å²) in [5.41, 5.74) is 1.38. The summed E-state index contributed by atoms with van der Waals surface area (Å²) in [7, 11) is 1.53. The van der Waals surface area contributed by atoms with E-state index in [-0.39, 0.29) is 18.8 Å². The van der Waals surface area contributed by atoms with Gasteiger partial charge in [-0.25, -0.2) is 4.98 Å². The van der Waals surface area contributed by atoms with Crippen LogP contribution in [-0.2, 0) is 9.59 Å². The molecule has 0 bridgehead atoms. The molecule has 1 aliphatic heterocycles. The number of carbonyl (C=O) groups is 2. The molecule has 118 valence electrons. The van der Waals surface area contributed by atoms with E-state index in [4.69, 9.17) is 9.84 Å². The molecular weight excluding hydrogens is 298 g/mol. The zero-order chi connectivity index (χ0) is 16.4. The van der Waals surface area contributed by atoms with Crippen molar-refractivity contribution in [2.24, 2.45) is 0 Å². The van der Waals surface area contributed by atoms with Gasteiger partial charge in [-0.05, 0) is 12.1 Å². The number of aromatic nitrogens is 1. The van der Waals surface area contributed by atoms with Crippen LogP contribution in [0.1, 0.15) is 0 Å². The Kier molecular flexibility index (Phi) is 3.94. The van der Waals surface area contributed by atoms with E-state index in [0.29, 0.717) is 17.1 Å². The van der Waals surface area contributed by atoms with Crippen LogP contribution in [0.4, 0.5) is 5.69 Å². The Bertz CT molecular complexity index is 816. The molecule has 2 heterocycles. The molecule has 2 aromatic rings. The monoisotopic (exact) mass is 313 g/mol. The van der Waals surface area contributed by atoms with Gasteiger partial charge in [0, 0.05) is 17.5 Å². The number of nitrogens with zero attached hydrogens (tertiary/aromatic N) is 2. The van der Waals surface area contributed by atoms with Gasteiger partial charge in [0.1, 0.15) is 5.70 Å². The standard InChI is InChI=1S/C16H15N3O4/c1-23-13-6-5-10-3-2-4-11(15(10)18-13)17-12-9-14(21)19(7-8-20)16(12)22/h2-6,9,17,20H,7-8H2,1H3. The third kappa shape index (κ3) is 2.74. The van der Waals surface area contributed by atoms with Crippen LogP contribution in [0.2, 0.25) is 0 Å². The van der Waals surface area contributed by atoms with Gasteiger partial charge in [0.05, 0.1) is 31.5 Å². The molecule has 0 spiro atoms. The van der Waals surface area contributed by atoms with Crippen molar-refractivity contribution in [1.82, 2.24) is 9.88 Å². The number of benzene rings is 1. The van der Waals surface area contributed by atoms with Crippen molar-refractivity contribution in [2.45, 2.75) is 0 Å². The fraction of sp³-hybridized carbons (Fsp3) is 0.188. The first-order valence-electron chi connectivity index (χ1n) is 7.03. The van der Waals surface area contributed by atoms with Gasteiger partial charge in [0.25, 0.3) is 11.8 Å². The van der Waals surface area contributed by atoms with Crippen LogP contribution in [0.25, 0.3) is 10.9 Å². The molecule has 3 rings (SSSR count). The third-order valence-electron chi connectivity index (χ3n) is 3.51. The highest BCUT2D eigenvalue weighted by atomic mass is 16.5. The molecule has 1 aliphatic rings. The normalized spacial score (nSPS) is 14.3. The van der Waals surface area contributed by atoms with Gasteiger partial charge in [-0.2, -0.15) is 0 Å². The number of anilines is 1. The minimum atomic E-state index is -0.469. The Morgan fingerprint density at radius 3 is 2.83 bits per heavy atom. The smallest absolute Gasteiger partial charge is 0.277 e. The lowest BCUT2D eigenvalue weighted by Crippen LogP contribution is -2.34. The first kappa shape index (κ1) is 15.0. The average molecular weight is 313 g/mol. The van der Waals surface area contributed by atoms with Gasteiger partial charge in [-0.1, -0.05) is 12.1 Å². The van der Waals surface area contributed by atoms with Crippen LogP contribution in [-0.4, -0.2) is 47.1 Å². The largest absolute Gasteiger partial charge is 0.481 e. The highest BCUT2D eigenvalue weighted by Gasteiger charge is 2.30. The molecule has 0 radical (unpaired) electrons. The van der Waals surface area contributed by atoms with Crippen LogP contribution in [0, 0.1) is 0 Å². The molecule has 2 amide bonds. The Balaban J connectivity index is 1.94. The number of aliphatic hydroxyl groups excluding tert-OH is 1. The number of fused-ring (bicyclic) bond motifs is 1. The lowest BCUT2D eigenvalue weighted by molar-refractivity contribution is -0.137. The molecule has 0 aliphatic carbocycles. The molecule has 23 heavy (non-hydrogen) atoms. The number of para-hydroxylation sites is 1. The number of hydrogen-bond acceptors (Lipinski definition) is 6. The van der Waals surface area contributed by atoms with E-state index >= 15 is 0 Å². The number of ether oxygens (including phenoxy) is 1. The van der Waals surface area contributed by atoms with E-state index in [2.05, 4.69) is 10.3 Å². The number of imide groups is 1. The summed E-state index contributed by atoms with van der Waals surface area (Å²) >= 11 is 0. The van der Waals surface area contributed by atoms with Gasteiger partial charge >= 0.3 is 0 Å². The first-order chi connectivity index (χ1) is 11.1. The molecule has 2 N–H and O–H groups in total. The van der Waals surface area contributed by atoms with Crippen LogP contribution in [0.5, 0.6) is 5.88 Å². The molecule has 7 heteroatoms. The number of carbonyl (C=O) groups excluding carboxylic acids is 2. The Labute approximate surface area is 132 Å². The number of amides is 2. The molecule has 0 saturated heterocycles. The van der Waals surface area contributed by atoms with Crippen molar-refractivity contribution in [1.29, 1.82) is 0 Å². The second-order valence-corrected chi connectivity index (χ2v) is 4.93. The van der Waals surface area contributed by atoms with E-state index in [9.17, 15) is 9.59 Å². The molecule has 0 unspecified atom stereocenters. The van der Waals surface area contributed by atoms with E-state index in [1.54, 1.807) is 12.1 Å². The fourth-order valence-corrected chi connectivity index (χ4v) is 2.40. The molecule has 1 aromatic carbocycles. The summed E-state index contributed by atoms with van der Waals surface area (Å²) in [5, 5.41) is 12.8. The van der Waals surface area contributed by atoms with Crippen LogP contribution in [0.3, 0.4) is 0 Å². The lowest BCUT2D eigenvalue weighted by atomic mass is 10.2. The molecule has 0 atom stereocenters. The predicted molar refractivity (Wildman–Crippen MR) is 83.8 cm³/mol. The summed E-state index contributed by atoms with van der Waals surface area (Å²) in [6.07, 6.45) is 1.22. The second-order valence-electron chi connectivity index (χ2n) is 4.93. The van der Waals surface area contributed by atoms with Gasteiger partial charge < -0.3 is 15.2 Å². The van der Waals surface area contributed by atoms with Crippen molar-refractivity contribution in [3.05, 3.63) is 42.1 Å². The number of nitrogens with one attached hydrogen (secondary N) is 1. The Hall–Kier alpha value is -2.93. The van der Waals surface area contributed by atoms with Crippen molar-refractivity contribution in [3.8, 4) is 5.88 Å². The Morgan fingerprint density at radius 1 is 1.26 bits per heavy atom. The molecule has 0 saturated carbocycles. The van der Waals surface area contributed by atoms with Gasteiger partial charge in [-0.15, -0.1) is 0 Å². The molecular formula is C16H15N3O4. The number of rotatable bonds is 5. The minimum Gasteiger partial charge on any atom is -0.481 e. The van der Waals surface area contributed by atoms with Crippen molar-refractivity contribution >= 4 is 28.4 Å². The maximum absolute atomic E-state index is 12.2. The Morgan fingerprint density at radius 2 is 2.09 bits per heavy atom. The predicted octanol–water partition coefficient (Wildman–Crippen LogP) is 0.900. The van der Waals surface area contributed by atoms with Crippen LogP contribution in [0.15, 0.2) is 42.1 Å². The van der Waals surface area contributed by atoms with Gasteiger partial charge in [0.2, 0.25) is 5.88 Å². The maximum atomic E-state index is 12.2. The summed E-state index contributed by atoms with van der Waals surface area (Å²) in [5.74, 6) is -0.460. The molecule has 7 nitrogen and oxygen atoms in total. The van der Waals surface area contributed by atoms with Crippen molar-refractivity contribution < 1.29 is 19.4 Å². The first-order valence-corrected chi connectivity index (χ1v) is 7.03. The summed E-state index contributed by atoms with van der Waals surface area (Å²) in [6, 6.07) is 9.09. The fourth-order valence-electron chi connectivity index (χ4n) is 2.40. The zero-order valence-electron chi connectivity index (χ0n) is 12.4. The average Bonchev–Trinajstić information content (AvgIpc) is 2.83. The summed E-state index contributed by atoms with van der Waals surface area (Å²) in [6.45, 7) is -0.299. The number of hydrogen-bond donors (Lipinski definition) is 2. The molecule has 0 fully saturated rings. The topological polar surface area (TPSA) is 91.8 Å². The van der Waals surface area contributed by atoms with Crippen molar-refractivity contribution in [3.63, 3.8) is 0 Å². The number of methoxy groups -OCH3 is 1. The highest BCUT2D eigenvalue weighted by Crippen LogP contribution is 2.26. The highest BCUT2D eigenvalue weighted by molar-refractivity contribution is 6.18. The van der Waals surface area contributed by atoms with Crippen LogP contribution < -0.4 is 10.1 Å². The van der Waals surface area contributed by atoms with E-state index < -0.39 is 11.8 Å². The lowest BCUT2D eigenvalue weighted by Gasteiger charge is -2.14. The molecule has 1 aromatic heterocycles. The number of pyridine rings is 1. The maximum Gasteiger partial charge on any atom is 0.277 e. The van der Waals surface area contributed by atoms with Gasteiger partial charge in [0.15, 0.2) is 0 Å². The van der Waals surface area contributed by atoms with E-state index in [1.165, 1.54) is 13.2 Å². The van der Waals surface area contributed by atoms with E-state index in [1.807, 2.05) is 18.2 Å². The number of β-amino-alcohol motifs (C(OH)–C–C–N with tert-alkyl or cyclic N) is 1. The van der Waals surface area contributed by atoms with Crippen LogP contribution >= 0.6 is 0 Å². The van der Waals surface area contributed by atoms with Crippen molar-refractivity contribution in [2.75, 3.05) is 25.6 Å². The zero-order valence-corrected chi connectivity index (χ0v) is 12.4.